The van der Waals surface area contributed by atoms with Gasteiger partial charge in [-0.25, -0.2) is 0 Å². The SMILES string of the molecule is N#Cc1ccc2c(c1)-c1sccc1CO2. The first-order valence-electron chi connectivity index (χ1n) is 4.62. The largest absolute Gasteiger partial charge is 0.488 e. The van der Waals surface area contributed by atoms with E-state index in [4.69, 9.17) is 10.00 Å². The van der Waals surface area contributed by atoms with Crippen LogP contribution in [0.3, 0.4) is 0 Å². The van der Waals surface area contributed by atoms with Crippen LogP contribution in [0.2, 0.25) is 0 Å². The number of thiophene rings is 1. The molecule has 2 heterocycles. The van der Waals surface area contributed by atoms with Crippen molar-refractivity contribution in [3.8, 4) is 22.3 Å². The Morgan fingerprint density at radius 2 is 2.27 bits per heavy atom. The summed E-state index contributed by atoms with van der Waals surface area (Å²) in [5, 5.41) is 10.9. The maximum absolute atomic E-state index is 8.85. The molecule has 1 aliphatic rings. The Morgan fingerprint density at radius 1 is 1.33 bits per heavy atom. The summed E-state index contributed by atoms with van der Waals surface area (Å²) < 4.78 is 5.60. The first-order chi connectivity index (χ1) is 7.38. The average Bonchev–Trinajstić information content (AvgIpc) is 2.76. The molecular formula is C12H7NOS. The summed E-state index contributed by atoms with van der Waals surface area (Å²) in [5.41, 5.74) is 2.94. The third-order valence-electron chi connectivity index (χ3n) is 2.48. The van der Waals surface area contributed by atoms with Gasteiger partial charge in [0.25, 0.3) is 0 Å². The van der Waals surface area contributed by atoms with Gasteiger partial charge in [-0.1, -0.05) is 0 Å². The van der Waals surface area contributed by atoms with Crippen molar-refractivity contribution in [3.05, 3.63) is 40.8 Å². The van der Waals surface area contributed by atoms with E-state index in [1.165, 1.54) is 10.4 Å². The quantitative estimate of drug-likeness (QED) is 0.673. The normalized spacial score (nSPS) is 12.2. The van der Waals surface area contributed by atoms with Gasteiger partial charge in [-0.15, -0.1) is 11.3 Å². The molecule has 2 nitrogen and oxygen atoms in total. The zero-order valence-electron chi connectivity index (χ0n) is 7.86. The summed E-state index contributed by atoms with van der Waals surface area (Å²) >= 11 is 1.70. The molecule has 0 N–H and O–H groups in total. The van der Waals surface area contributed by atoms with Crippen molar-refractivity contribution < 1.29 is 4.74 Å². The highest BCUT2D eigenvalue weighted by atomic mass is 32.1. The van der Waals surface area contributed by atoms with E-state index in [9.17, 15) is 0 Å². The molecule has 0 saturated heterocycles. The van der Waals surface area contributed by atoms with E-state index in [1.54, 1.807) is 17.4 Å². The van der Waals surface area contributed by atoms with Gasteiger partial charge < -0.3 is 4.74 Å². The van der Waals surface area contributed by atoms with E-state index in [2.05, 4.69) is 17.5 Å². The van der Waals surface area contributed by atoms with Gasteiger partial charge in [-0.05, 0) is 29.6 Å². The molecule has 0 aliphatic carbocycles. The van der Waals surface area contributed by atoms with Crippen molar-refractivity contribution in [3.63, 3.8) is 0 Å². The topological polar surface area (TPSA) is 33.0 Å². The van der Waals surface area contributed by atoms with Crippen molar-refractivity contribution in [1.82, 2.24) is 0 Å². The second-order valence-electron chi connectivity index (χ2n) is 3.39. The number of fused-ring (bicyclic) bond motifs is 3. The van der Waals surface area contributed by atoms with Crippen LogP contribution in [-0.4, -0.2) is 0 Å². The molecule has 0 amide bonds. The average molecular weight is 213 g/mol. The number of nitriles is 1. The van der Waals surface area contributed by atoms with E-state index in [-0.39, 0.29) is 0 Å². The predicted octanol–water partition coefficient (Wildman–Crippen LogP) is 3.18. The molecule has 3 heteroatoms. The molecule has 72 valence electrons. The number of rotatable bonds is 0. The van der Waals surface area contributed by atoms with Crippen LogP contribution in [0, 0.1) is 11.3 Å². The Labute approximate surface area is 91.4 Å². The van der Waals surface area contributed by atoms with Crippen LogP contribution in [0.1, 0.15) is 11.1 Å². The second-order valence-corrected chi connectivity index (χ2v) is 4.30. The highest BCUT2D eigenvalue weighted by Gasteiger charge is 2.18. The summed E-state index contributed by atoms with van der Waals surface area (Å²) in [7, 11) is 0. The summed E-state index contributed by atoms with van der Waals surface area (Å²) in [6, 6.07) is 9.77. The number of benzene rings is 1. The molecule has 0 fully saturated rings. The minimum Gasteiger partial charge on any atom is -0.488 e. The molecule has 0 bridgehead atoms. The Morgan fingerprint density at radius 3 is 3.13 bits per heavy atom. The van der Waals surface area contributed by atoms with Gasteiger partial charge in [0.2, 0.25) is 0 Å². The highest BCUT2D eigenvalue weighted by molar-refractivity contribution is 7.13. The Bertz CT molecular complexity index is 565. The fraction of sp³-hybridized carbons (Fsp3) is 0.0833. The maximum atomic E-state index is 8.85. The molecule has 15 heavy (non-hydrogen) atoms. The smallest absolute Gasteiger partial charge is 0.128 e. The molecule has 3 rings (SSSR count). The molecule has 0 unspecified atom stereocenters. The third kappa shape index (κ3) is 1.23. The minimum absolute atomic E-state index is 0.637. The van der Waals surface area contributed by atoms with Gasteiger partial charge in [0.1, 0.15) is 12.4 Å². The minimum atomic E-state index is 0.637. The summed E-state index contributed by atoms with van der Waals surface area (Å²) in [4.78, 5) is 1.23. The summed E-state index contributed by atoms with van der Waals surface area (Å²) in [5.74, 6) is 0.879. The van der Waals surface area contributed by atoms with E-state index < -0.39 is 0 Å². The molecule has 1 aliphatic heterocycles. The van der Waals surface area contributed by atoms with Gasteiger partial charge in [0.15, 0.2) is 0 Å². The van der Waals surface area contributed by atoms with Crippen molar-refractivity contribution in [2.75, 3.05) is 0 Å². The number of hydrogen-bond acceptors (Lipinski definition) is 3. The lowest BCUT2D eigenvalue weighted by Crippen LogP contribution is -2.02. The monoisotopic (exact) mass is 213 g/mol. The molecule has 0 saturated carbocycles. The van der Waals surface area contributed by atoms with E-state index in [0.29, 0.717) is 12.2 Å². The third-order valence-corrected chi connectivity index (χ3v) is 3.47. The summed E-state index contributed by atoms with van der Waals surface area (Å²) in [6.45, 7) is 0.637. The number of ether oxygens (including phenoxy) is 1. The second kappa shape index (κ2) is 3.11. The van der Waals surface area contributed by atoms with Gasteiger partial charge in [0.05, 0.1) is 11.6 Å². The first kappa shape index (κ1) is 8.51. The van der Waals surface area contributed by atoms with Crippen LogP contribution in [0.15, 0.2) is 29.6 Å². The summed E-state index contributed by atoms with van der Waals surface area (Å²) in [6.07, 6.45) is 0. The Balaban J connectivity index is 2.27. The molecule has 2 aromatic rings. The van der Waals surface area contributed by atoms with Crippen molar-refractivity contribution in [1.29, 1.82) is 5.26 Å². The molecule has 1 aromatic heterocycles. The molecule has 0 radical (unpaired) electrons. The Kier molecular flexibility index (Phi) is 1.77. The van der Waals surface area contributed by atoms with E-state index >= 15 is 0 Å². The lowest BCUT2D eigenvalue weighted by atomic mass is 10.0. The fourth-order valence-corrected chi connectivity index (χ4v) is 2.68. The van der Waals surface area contributed by atoms with E-state index in [1.807, 2.05) is 12.1 Å². The van der Waals surface area contributed by atoms with Crippen LogP contribution in [0.25, 0.3) is 10.4 Å². The van der Waals surface area contributed by atoms with E-state index in [0.717, 1.165) is 11.3 Å². The van der Waals surface area contributed by atoms with Gasteiger partial charge in [-0.2, -0.15) is 5.26 Å². The lowest BCUT2D eigenvalue weighted by Gasteiger charge is -2.17. The van der Waals surface area contributed by atoms with Crippen LogP contribution in [-0.2, 0) is 6.61 Å². The number of hydrogen-bond donors (Lipinski definition) is 0. The van der Waals surface area contributed by atoms with Crippen LogP contribution in [0.4, 0.5) is 0 Å². The zero-order chi connectivity index (χ0) is 10.3. The molecule has 0 spiro atoms. The number of nitrogens with zero attached hydrogens (tertiary/aromatic N) is 1. The standard InChI is InChI=1S/C12H7NOS/c13-6-8-1-2-11-10(5-8)12-9(7-14-11)3-4-15-12/h1-5H,7H2. The highest BCUT2D eigenvalue weighted by Crippen LogP contribution is 2.40. The molecule has 1 aromatic carbocycles. The maximum Gasteiger partial charge on any atom is 0.128 e. The van der Waals surface area contributed by atoms with Crippen LogP contribution in [0.5, 0.6) is 5.75 Å². The molecular weight excluding hydrogens is 206 g/mol. The first-order valence-corrected chi connectivity index (χ1v) is 5.50. The van der Waals surface area contributed by atoms with Crippen LogP contribution < -0.4 is 4.74 Å². The van der Waals surface area contributed by atoms with Gasteiger partial charge in [0, 0.05) is 16.0 Å². The van der Waals surface area contributed by atoms with Crippen molar-refractivity contribution in [2.24, 2.45) is 0 Å². The van der Waals surface area contributed by atoms with Gasteiger partial charge >= 0.3 is 0 Å². The zero-order valence-corrected chi connectivity index (χ0v) is 8.67. The lowest BCUT2D eigenvalue weighted by molar-refractivity contribution is 0.303. The van der Waals surface area contributed by atoms with Crippen molar-refractivity contribution >= 4 is 11.3 Å². The van der Waals surface area contributed by atoms with Crippen LogP contribution >= 0.6 is 11.3 Å². The fourth-order valence-electron chi connectivity index (χ4n) is 1.74. The van der Waals surface area contributed by atoms with Crippen molar-refractivity contribution in [2.45, 2.75) is 6.61 Å². The Hall–Kier alpha value is -1.79. The van der Waals surface area contributed by atoms with Gasteiger partial charge in [-0.3, -0.25) is 0 Å². The predicted molar refractivity (Wildman–Crippen MR) is 58.8 cm³/mol. The molecule has 0 atom stereocenters.